The van der Waals surface area contributed by atoms with Gasteiger partial charge in [0.05, 0.1) is 6.61 Å². The van der Waals surface area contributed by atoms with Crippen LogP contribution in [0.15, 0.2) is 30.3 Å². The van der Waals surface area contributed by atoms with E-state index in [1.165, 1.54) is 5.56 Å². The van der Waals surface area contributed by atoms with Gasteiger partial charge in [0.1, 0.15) is 0 Å². The van der Waals surface area contributed by atoms with Crippen molar-refractivity contribution in [1.29, 1.82) is 0 Å². The lowest BCUT2D eigenvalue weighted by atomic mass is 10.1. The Labute approximate surface area is 115 Å². The predicted octanol–water partition coefficient (Wildman–Crippen LogP) is 2.12. The Bertz CT molecular complexity index is 356. The average molecular weight is 266 g/mol. The number of benzene rings is 1. The molecular formula is C14H22N2OS. The number of nitrogens with one attached hydrogen (secondary N) is 2. The number of methoxy groups -OCH3 is 1. The average Bonchev–Trinajstić information content (AvgIpc) is 2.29. The highest BCUT2D eigenvalue weighted by molar-refractivity contribution is 7.80. The van der Waals surface area contributed by atoms with Gasteiger partial charge >= 0.3 is 0 Å². The van der Waals surface area contributed by atoms with Gasteiger partial charge in [-0.05, 0) is 38.0 Å². The van der Waals surface area contributed by atoms with Crippen LogP contribution in [0.2, 0.25) is 0 Å². The van der Waals surface area contributed by atoms with E-state index in [0.29, 0.717) is 17.8 Å². The van der Waals surface area contributed by atoms with Gasteiger partial charge in [0.25, 0.3) is 0 Å². The fourth-order valence-corrected chi connectivity index (χ4v) is 2.20. The maximum absolute atomic E-state index is 5.26. The Hall–Kier alpha value is -1.13. The molecule has 1 aromatic carbocycles. The number of rotatable bonds is 6. The molecule has 0 aromatic heterocycles. The smallest absolute Gasteiger partial charge is 0.166 e. The van der Waals surface area contributed by atoms with Gasteiger partial charge in [-0.3, -0.25) is 0 Å². The third-order valence-corrected chi connectivity index (χ3v) is 2.79. The molecule has 0 aliphatic rings. The van der Waals surface area contributed by atoms with Crippen LogP contribution in [-0.4, -0.2) is 30.9 Å². The second kappa shape index (κ2) is 8.06. The summed E-state index contributed by atoms with van der Waals surface area (Å²) in [7, 11) is 1.69. The third-order valence-electron chi connectivity index (χ3n) is 2.56. The van der Waals surface area contributed by atoms with Gasteiger partial charge in [-0.15, -0.1) is 0 Å². The molecule has 0 heterocycles. The lowest BCUT2D eigenvalue weighted by molar-refractivity contribution is 0.179. The molecule has 0 amide bonds. The van der Waals surface area contributed by atoms with E-state index in [9.17, 15) is 0 Å². The summed E-state index contributed by atoms with van der Waals surface area (Å²) in [6.45, 7) is 4.82. The number of hydrogen-bond acceptors (Lipinski definition) is 2. The molecule has 4 heteroatoms. The molecule has 2 N–H and O–H groups in total. The quantitative estimate of drug-likeness (QED) is 0.773. The van der Waals surface area contributed by atoms with Crippen molar-refractivity contribution in [2.75, 3.05) is 13.7 Å². The Balaban J connectivity index is 2.31. The maximum Gasteiger partial charge on any atom is 0.166 e. The van der Waals surface area contributed by atoms with E-state index in [1.54, 1.807) is 7.11 Å². The van der Waals surface area contributed by atoms with Crippen molar-refractivity contribution < 1.29 is 4.74 Å². The van der Waals surface area contributed by atoms with Gasteiger partial charge in [-0.2, -0.15) is 0 Å². The van der Waals surface area contributed by atoms with Gasteiger partial charge in [0.15, 0.2) is 5.11 Å². The lowest BCUT2D eigenvalue weighted by Gasteiger charge is -2.20. The van der Waals surface area contributed by atoms with Crippen LogP contribution in [-0.2, 0) is 11.2 Å². The minimum Gasteiger partial charge on any atom is -0.383 e. The van der Waals surface area contributed by atoms with Crippen molar-refractivity contribution in [2.24, 2.45) is 0 Å². The largest absolute Gasteiger partial charge is 0.383 e. The van der Waals surface area contributed by atoms with Gasteiger partial charge in [0.2, 0.25) is 0 Å². The van der Waals surface area contributed by atoms with E-state index < -0.39 is 0 Å². The van der Waals surface area contributed by atoms with Crippen LogP contribution in [0.4, 0.5) is 0 Å². The second-order valence-corrected chi connectivity index (χ2v) is 4.97. The summed E-state index contributed by atoms with van der Waals surface area (Å²) < 4.78 is 5.06. The Morgan fingerprint density at radius 2 is 1.78 bits per heavy atom. The molecule has 1 aromatic rings. The monoisotopic (exact) mass is 266 g/mol. The molecule has 0 aliphatic carbocycles. The van der Waals surface area contributed by atoms with Crippen LogP contribution < -0.4 is 10.6 Å². The molecule has 0 saturated heterocycles. The first-order chi connectivity index (χ1) is 8.61. The van der Waals surface area contributed by atoms with Crippen molar-refractivity contribution in [1.82, 2.24) is 10.6 Å². The minimum atomic E-state index is 0.221. The highest BCUT2D eigenvalue weighted by atomic mass is 32.1. The zero-order chi connectivity index (χ0) is 13.4. The maximum atomic E-state index is 5.26. The third kappa shape index (κ3) is 5.98. The number of ether oxygens (including phenoxy) is 1. The first-order valence-electron chi connectivity index (χ1n) is 6.21. The van der Waals surface area contributed by atoms with Gasteiger partial charge in [-0.1, -0.05) is 30.3 Å². The van der Waals surface area contributed by atoms with Crippen LogP contribution in [0, 0.1) is 0 Å². The second-order valence-electron chi connectivity index (χ2n) is 4.56. The normalized spacial score (nSPS) is 13.7. The summed E-state index contributed by atoms with van der Waals surface area (Å²) in [4.78, 5) is 0. The van der Waals surface area contributed by atoms with Crippen molar-refractivity contribution >= 4 is 17.3 Å². The summed E-state index contributed by atoms with van der Waals surface area (Å²) in [5, 5.41) is 7.16. The fourth-order valence-electron chi connectivity index (χ4n) is 1.80. The van der Waals surface area contributed by atoms with E-state index in [4.69, 9.17) is 17.0 Å². The summed E-state index contributed by atoms with van der Waals surface area (Å²) in [5.74, 6) is 0. The van der Waals surface area contributed by atoms with Gasteiger partial charge in [-0.25, -0.2) is 0 Å². The number of hydrogen-bond donors (Lipinski definition) is 2. The molecule has 0 saturated carbocycles. The summed E-state index contributed by atoms with van der Waals surface area (Å²) in [6.07, 6.45) is 0.960. The van der Waals surface area contributed by atoms with E-state index >= 15 is 0 Å². The first-order valence-corrected chi connectivity index (χ1v) is 6.62. The van der Waals surface area contributed by atoms with Crippen molar-refractivity contribution in [3.8, 4) is 0 Å². The molecule has 1 rings (SSSR count). The predicted molar refractivity (Wildman–Crippen MR) is 79.8 cm³/mol. The molecule has 0 fully saturated rings. The minimum absolute atomic E-state index is 0.221. The molecular weight excluding hydrogens is 244 g/mol. The Kier molecular flexibility index (Phi) is 6.68. The topological polar surface area (TPSA) is 33.3 Å². The van der Waals surface area contributed by atoms with Crippen LogP contribution in [0.3, 0.4) is 0 Å². The molecule has 0 radical (unpaired) electrons. The van der Waals surface area contributed by atoms with Crippen LogP contribution in [0.1, 0.15) is 19.4 Å². The Morgan fingerprint density at radius 3 is 2.39 bits per heavy atom. The fraction of sp³-hybridized carbons (Fsp3) is 0.500. The van der Waals surface area contributed by atoms with Crippen molar-refractivity contribution in [2.45, 2.75) is 32.4 Å². The highest BCUT2D eigenvalue weighted by Crippen LogP contribution is 2.02. The molecule has 0 aliphatic heterocycles. The molecule has 2 atom stereocenters. The molecule has 100 valence electrons. The van der Waals surface area contributed by atoms with Crippen molar-refractivity contribution in [3.63, 3.8) is 0 Å². The molecule has 18 heavy (non-hydrogen) atoms. The van der Waals surface area contributed by atoms with E-state index in [2.05, 4.69) is 41.8 Å². The molecule has 0 bridgehead atoms. The lowest BCUT2D eigenvalue weighted by Crippen LogP contribution is -2.46. The van der Waals surface area contributed by atoms with E-state index in [-0.39, 0.29) is 6.04 Å². The van der Waals surface area contributed by atoms with Crippen molar-refractivity contribution in [3.05, 3.63) is 35.9 Å². The SMILES string of the molecule is COCC(C)NC(=S)NC(C)Cc1ccccc1. The highest BCUT2D eigenvalue weighted by Gasteiger charge is 2.07. The van der Waals surface area contributed by atoms with E-state index in [1.807, 2.05) is 13.0 Å². The van der Waals surface area contributed by atoms with Crippen LogP contribution in [0.5, 0.6) is 0 Å². The van der Waals surface area contributed by atoms with Gasteiger partial charge < -0.3 is 15.4 Å². The standard InChI is InChI=1S/C14H22N2OS/c1-11(9-13-7-5-4-6-8-13)15-14(18)16-12(2)10-17-3/h4-8,11-12H,9-10H2,1-3H3,(H2,15,16,18). The van der Waals surface area contributed by atoms with Gasteiger partial charge in [0, 0.05) is 19.2 Å². The summed E-state index contributed by atoms with van der Waals surface area (Å²) in [6, 6.07) is 10.9. The summed E-state index contributed by atoms with van der Waals surface area (Å²) >= 11 is 5.26. The zero-order valence-electron chi connectivity index (χ0n) is 11.3. The first kappa shape index (κ1) is 14.9. The zero-order valence-corrected chi connectivity index (χ0v) is 12.1. The van der Waals surface area contributed by atoms with Crippen LogP contribution in [0.25, 0.3) is 0 Å². The molecule has 0 spiro atoms. The number of thiocarbonyl (C=S) groups is 1. The van der Waals surface area contributed by atoms with E-state index in [0.717, 1.165) is 6.42 Å². The molecule has 2 unspecified atom stereocenters. The molecule has 3 nitrogen and oxygen atoms in total. The Morgan fingerprint density at radius 1 is 1.17 bits per heavy atom. The summed E-state index contributed by atoms with van der Waals surface area (Å²) in [5.41, 5.74) is 1.31. The van der Waals surface area contributed by atoms with Crippen LogP contribution >= 0.6 is 12.2 Å².